The first kappa shape index (κ1) is 11.8. The molecule has 17 heavy (non-hydrogen) atoms. The van der Waals surface area contributed by atoms with E-state index in [1.165, 1.54) is 0 Å². The summed E-state index contributed by atoms with van der Waals surface area (Å²) in [5.41, 5.74) is 2.05. The summed E-state index contributed by atoms with van der Waals surface area (Å²) in [6, 6.07) is 4.02. The van der Waals surface area contributed by atoms with Gasteiger partial charge in [0.1, 0.15) is 17.3 Å². The highest BCUT2D eigenvalue weighted by atomic mass is 16.3. The van der Waals surface area contributed by atoms with Crippen LogP contribution >= 0.6 is 0 Å². The minimum absolute atomic E-state index is 0.00776. The summed E-state index contributed by atoms with van der Waals surface area (Å²) < 4.78 is 5.51. The Morgan fingerprint density at radius 1 is 1.24 bits per heavy atom. The van der Waals surface area contributed by atoms with Gasteiger partial charge in [0.2, 0.25) is 0 Å². The van der Waals surface area contributed by atoms with Crippen molar-refractivity contribution in [2.75, 3.05) is 5.32 Å². The molecule has 0 aliphatic rings. The van der Waals surface area contributed by atoms with Gasteiger partial charge in [-0.05, 0) is 40.7 Å². The molecule has 4 heteroatoms. The van der Waals surface area contributed by atoms with Gasteiger partial charge in [-0.15, -0.1) is 0 Å². The summed E-state index contributed by atoms with van der Waals surface area (Å²) in [5, 5.41) is 10.6. The molecule has 92 valence electrons. The molecular formula is C13H19N3O. The number of anilines is 1. The second-order valence-electron chi connectivity index (χ2n) is 5.37. The van der Waals surface area contributed by atoms with Crippen molar-refractivity contribution in [1.29, 1.82) is 0 Å². The fourth-order valence-electron chi connectivity index (χ4n) is 1.81. The molecule has 0 fully saturated rings. The van der Waals surface area contributed by atoms with Crippen LogP contribution in [-0.4, -0.2) is 15.7 Å². The van der Waals surface area contributed by atoms with Gasteiger partial charge >= 0.3 is 0 Å². The molecule has 0 atom stereocenters. The maximum absolute atomic E-state index is 5.51. The van der Waals surface area contributed by atoms with Crippen molar-refractivity contribution in [3.05, 3.63) is 23.7 Å². The largest absolute Gasteiger partial charge is 0.466 e. The number of nitrogens with zero attached hydrogens (tertiary/aromatic N) is 1. The van der Waals surface area contributed by atoms with E-state index in [-0.39, 0.29) is 5.54 Å². The lowest BCUT2D eigenvalue weighted by molar-refractivity contribution is 0.505. The Labute approximate surface area is 101 Å². The Balaban J connectivity index is 2.27. The number of H-pyrrole nitrogens is 1. The summed E-state index contributed by atoms with van der Waals surface area (Å²) in [6.45, 7) is 10.2. The fraction of sp³-hybridized carbons (Fsp3) is 0.462. The number of aryl methyl sites for hydroxylation is 2. The van der Waals surface area contributed by atoms with Crippen LogP contribution in [0.3, 0.4) is 0 Å². The van der Waals surface area contributed by atoms with Crippen LogP contribution in [0.1, 0.15) is 32.3 Å². The number of hydrogen-bond donors (Lipinski definition) is 2. The molecular weight excluding hydrogens is 214 g/mol. The van der Waals surface area contributed by atoms with Crippen molar-refractivity contribution in [3.8, 4) is 11.3 Å². The van der Waals surface area contributed by atoms with Gasteiger partial charge in [-0.2, -0.15) is 5.10 Å². The molecule has 2 aromatic heterocycles. The zero-order valence-electron chi connectivity index (χ0n) is 11.0. The van der Waals surface area contributed by atoms with E-state index in [1.807, 2.05) is 26.0 Å². The van der Waals surface area contributed by atoms with Crippen molar-refractivity contribution in [2.45, 2.75) is 40.2 Å². The number of rotatable bonds is 2. The average molecular weight is 233 g/mol. The Morgan fingerprint density at radius 2 is 1.94 bits per heavy atom. The molecule has 2 aromatic rings. The number of hydrogen-bond acceptors (Lipinski definition) is 3. The quantitative estimate of drug-likeness (QED) is 0.834. The van der Waals surface area contributed by atoms with Crippen LogP contribution in [0, 0.1) is 13.8 Å². The molecule has 0 spiro atoms. The highest BCUT2D eigenvalue weighted by Crippen LogP contribution is 2.27. The van der Waals surface area contributed by atoms with E-state index >= 15 is 0 Å². The third-order valence-electron chi connectivity index (χ3n) is 2.41. The number of aromatic amines is 1. The van der Waals surface area contributed by atoms with Crippen LogP contribution in [0.25, 0.3) is 11.3 Å². The number of furan rings is 1. The third-order valence-corrected chi connectivity index (χ3v) is 2.41. The molecule has 0 unspecified atom stereocenters. The number of nitrogens with one attached hydrogen (secondary N) is 2. The van der Waals surface area contributed by atoms with Crippen molar-refractivity contribution in [1.82, 2.24) is 10.2 Å². The van der Waals surface area contributed by atoms with Crippen LogP contribution in [0.15, 0.2) is 16.5 Å². The minimum atomic E-state index is 0.00776. The molecule has 0 amide bonds. The average Bonchev–Trinajstić information content (AvgIpc) is 2.70. The SMILES string of the molecule is Cc1cc(-c2cc(NC(C)(C)C)n[nH]2)c(C)o1. The van der Waals surface area contributed by atoms with Gasteiger partial charge in [0.25, 0.3) is 0 Å². The highest BCUT2D eigenvalue weighted by Gasteiger charge is 2.14. The number of aromatic nitrogens is 2. The first-order valence-electron chi connectivity index (χ1n) is 5.76. The van der Waals surface area contributed by atoms with Crippen molar-refractivity contribution in [2.24, 2.45) is 0 Å². The van der Waals surface area contributed by atoms with Crippen molar-refractivity contribution < 1.29 is 4.42 Å². The van der Waals surface area contributed by atoms with Crippen molar-refractivity contribution in [3.63, 3.8) is 0 Å². The molecule has 2 rings (SSSR count). The van der Waals surface area contributed by atoms with E-state index < -0.39 is 0 Å². The van der Waals surface area contributed by atoms with E-state index in [2.05, 4.69) is 36.3 Å². The maximum Gasteiger partial charge on any atom is 0.148 e. The van der Waals surface area contributed by atoms with E-state index in [0.29, 0.717) is 0 Å². The topological polar surface area (TPSA) is 53.9 Å². The molecule has 0 aliphatic heterocycles. The van der Waals surface area contributed by atoms with Gasteiger partial charge in [0.15, 0.2) is 0 Å². The van der Waals surface area contributed by atoms with Crippen LogP contribution < -0.4 is 5.32 Å². The molecule has 0 saturated heterocycles. The molecule has 0 radical (unpaired) electrons. The molecule has 4 nitrogen and oxygen atoms in total. The monoisotopic (exact) mass is 233 g/mol. The Hall–Kier alpha value is -1.71. The predicted molar refractivity (Wildman–Crippen MR) is 69.1 cm³/mol. The molecule has 0 bridgehead atoms. The summed E-state index contributed by atoms with van der Waals surface area (Å²) in [6.07, 6.45) is 0. The molecule has 0 saturated carbocycles. The predicted octanol–water partition coefficient (Wildman–Crippen LogP) is 3.50. The van der Waals surface area contributed by atoms with Gasteiger partial charge < -0.3 is 9.73 Å². The van der Waals surface area contributed by atoms with Crippen LogP contribution in [0.2, 0.25) is 0 Å². The second-order valence-corrected chi connectivity index (χ2v) is 5.37. The summed E-state index contributed by atoms with van der Waals surface area (Å²) >= 11 is 0. The van der Waals surface area contributed by atoms with Gasteiger partial charge in [0.05, 0.1) is 5.69 Å². The summed E-state index contributed by atoms with van der Waals surface area (Å²) in [4.78, 5) is 0. The molecule has 0 aliphatic carbocycles. The lowest BCUT2D eigenvalue weighted by Crippen LogP contribution is -2.26. The molecule has 2 heterocycles. The van der Waals surface area contributed by atoms with Gasteiger partial charge in [-0.25, -0.2) is 0 Å². The lowest BCUT2D eigenvalue weighted by atomic mass is 10.1. The Morgan fingerprint density at radius 3 is 2.47 bits per heavy atom. The van der Waals surface area contributed by atoms with E-state index in [4.69, 9.17) is 4.42 Å². The lowest BCUT2D eigenvalue weighted by Gasteiger charge is -2.19. The van der Waals surface area contributed by atoms with Gasteiger partial charge in [-0.3, -0.25) is 5.10 Å². The highest BCUT2D eigenvalue weighted by molar-refractivity contribution is 5.65. The zero-order valence-corrected chi connectivity index (χ0v) is 11.0. The zero-order chi connectivity index (χ0) is 12.6. The molecule has 2 N–H and O–H groups in total. The van der Waals surface area contributed by atoms with Crippen LogP contribution in [0.4, 0.5) is 5.82 Å². The van der Waals surface area contributed by atoms with Gasteiger partial charge in [-0.1, -0.05) is 0 Å². The maximum atomic E-state index is 5.51. The fourth-order valence-corrected chi connectivity index (χ4v) is 1.81. The third kappa shape index (κ3) is 2.70. The summed E-state index contributed by atoms with van der Waals surface area (Å²) in [5.74, 6) is 2.68. The van der Waals surface area contributed by atoms with E-state index in [9.17, 15) is 0 Å². The van der Waals surface area contributed by atoms with Crippen molar-refractivity contribution >= 4 is 5.82 Å². The smallest absolute Gasteiger partial charge is 0.148 e. The second kappa shape index (κ2) is 3.95. The minimum Gasteiger partial charge on any atom is -0.466 e. The van der Waals surface area contributed by atoms with Crippen LogP contribution in [-0.2, 0) is 0 Å². The standard InChI is InChI=1S/C13H19N3O/c1-8-6-10(9(2)17-8)11-7-12(16-15-11)14-13(3,4)5/h6-7H,1-5H3,(H2,14,15,16). The molecule has 0 aromatic carbocycles. The first-order valence-corrected chi connectivity index (χ1v) is 5.76. The summed E-state index contributed by atoms with van der Waals surface area (Å²) in [7, 11) is 0. The van der Waals surface area contributed by atoms with E-state index in [1.54, 1.807) is 0 Å². The van der Waals surface area contributed by atoms with Gasteiger partial charge in [0, 0.05) is 17.2 Å². The van der Waals surface area contributed by atoms with Crippen LogP contribution in [0.5, 0.6) is 0 Å². The normalized spacial score (nSPS) is 11.8. The Bertz CT molecular complexity index is 517. The Kier molecular flexibility index (Phi) is 2.73. The van der Waals surface area contributed by atoms with E-state index in [0.717, 1.165) is 28.6 Å². The first-order chi connectivity index (χ1) is 7.85.